The summed E-state index contributed by atoms with van der Waals surface area (Å²) in [5.74, 6) is -0.00673. The van der Waals surface area contributed by atoms with Crippen molar-refractivity contribution in [3.05, 3.63) is 88.8 Å². The van der Waals surface area contributed by atoms with Crippen molar-refractivity contribution in [2.75, 3.05) is 10.6 Å². The molecular weight excluding hydrogens is 341 g/mol. The van der Waals surface area contributed by atoms with Gasteiger partial charge in [0.15, 0.2) is 0 Å². The van der Waals surface area contributed by atoms with Gasteiger partial charge in [-0.25, -0.2) is 9.37 Å². The third-order valence-electron chi connectivity index (χ3n) is 3.51. The molecule has 25 heavy (non-hydrogen) atoms. The summed E-state index contributed by atoms with van der Waals surface area (Å²) >= 11 is 5.85. The van der Waals surface area contributed by atoms with Crippen molar-refractivity contribution in [1.29, 1.82) is 0 Å². The number of nitrogens with one attached hydrogen (secondary N) is 2. The molecule has 1 aromatic heterocycles. The fourth-order valence-electron chi connectivity index (χ4n) is 2.17. The minimum absolute atomic E-state index is 0.316. The number of hydrogen-bond acceptors (Lipinski definition) is 3. The number of rotatable bonds is 5. The van der Waals surface area contributed by atoms with Gasteiger partial charge in [0, 0.05) is 17.1 Å². The lowest BCUT2D eigenvalue weighted by Crippen LogP contribution is -2.12. The Bertz CT molecular complexity index is 849. The topological polar surface area (TPSA) is 54.0 Å². The van der Waals surface area contributed by atoms with Crippen LogP contribution in [-0.4, -0.2) is 10.9 Å². The van der Waals surface area contributed by atoms with Crippen LogP contribution in [0.4, 0.5) is 15.9 Å². The van der Waals surface area contributed by atoms with Crippen LogP contribution >= 0.6 is 11.6 Å². The third kappa shape index (κ3) is 4.78. The van der Waals surface area contributed by atoms with E-state index < -0.39 is 0 Å². The Balaban J connectivity index is 1.57. The largest absolute Gasteiger partial charge is 0.366 e. The zero-order chi connectivity index (χ0) is 17.6. The molecule has 3 rings (SSSR count). The highest BCUT2D eigenvalue weighted by molar-refractivity contribution is 6.30. The van der Waals surface area contributed by atoms with Gasteiger partial charge in [0.1, 0.15) is 11.6 Å². The molecule has 0 radical (unpaired) electrons. The molecule has 3 aromatic rings. The number of anilines is 2. The number of amides is 1. The van der Waals surface area contributed by atoms with Crippen molar-refractivity contribution < 1.29 is 9.18 Å². The van der Waals surface area contributed by atoms with E-state index in [9.17, 15) is 9.18 Å². The predicted octanol–water partition coefficient (Wildman–Crippen LogP) is 4.74. The van der Waals surface area contributed by atoms with Crippen molar-refractivity contribution in [3.8, 4) is 0 Å². The van der Waals surface area contributed by atoms with Crippen molar-refractivity contribution in [3.63, 3.8) is 0 Å². The molecule has 0 saturated carbocycles. The summed E-state index contributed by atoms with van der Waals surface area (Å²) < 4.78 is 12.9. The van der Waals surface area contributed by atoms with Crippen molar-refractivity contribution >= 4 is 29.0 Å². The van der Waals surface area contributed by atoms with Crippen LogP contribution in [0.5, 0.6) is 0 Å². The molecule has 0 aliphatic rings. The van der Waals surface area contributed by atoms with Crippen molar-refractivity contribution in [2.45, 2.75) is 6.54 Å². The molecule has 126 valence electrons. The summed E-state index contributed by atoms with van der Waals surface area (Å²) in [4.78, 5) is 16.3. The molecule has 0 aliphatic heterocycles. The van der Waals surface area contributed by atoms with Gasteiger partial charge in [-0.05, 0) is 54.1 Å². The average molecular weight is 356 g/mol. The van der Waals surface area contributed by atoms with Crippen LogP contribution in [0, 0.1) is 5.82 Å². The smallest absolute Gasteiger partial charge is 0.255 e. The molecule has 2 N–H and O–H groups in total. The van der Waals surface area contributed by atoms with Crippen LogP contribution in [-0.2, 0) is 6.54 Å². The molecule has 4 nitrogen and oxygen atoms in total. The number of nitrogens with zero attached hydrogens (tertiary/aromatic N) is 1. The van der Waals surface area contributed by atoms with E-state index in [2.05, 4.69) is 15.6 Å². The van der Waals surface area contributed by atoms with E-state index in [1.165, 1.54) is 24.3 Å². The Morgan fingerprint density at radius 1 is 1.00 bits per heavy atom. The highest BCUT2D eigenvalue weighted by atomic mass is 35.5. The Morgan fingerprint density at radius 2 is 1.72 bits per heavy atom. The monoisotopic (exact) mass is 355 g/mol. The number of carbonyl (C=O) groups excluding carboxylic acids is 1. The maximum absolute atomic E-state index is 12.9. The molecular formula is C19H15ClFN3O. The van der Waals surface area contributed by atoms with Gasteiger partial charge in [0.05, 0.1) is 11.9 Å². The Labute approximate surface area is 149 Å². The summed E-state index contributed by atoms with van der Waals surface area (Å²) in [6, 6.07) is 16.4. The van der Waals surface area contributed by atoms with Crippen LogP contribution in [0.3, 0.4) is 0 Å². The van der Waals surface area contributed by atoms with E-state index in [0.717, 1.165) is 5.56 Å². The number of hydrogen-bond donors (Lipinski definition) is 2. The van der Waals surface area contributed by atoms with Gasteiger partial charge < -0.3 is 10.6 Å². The SMILES string of the molecule is O=C(Nc1ccc(NCc2ccc(Cl)cc2)nc1)c1ccc(F)cc1. The Kier molecular flexibility index (Phi) is 5.26. The van der Waals surface area contributed by atoms with Crippen LogP contribution in [0.1, 0.15) is 15.9 Å². The summed E-state index contributed by atoms with van der Waals surface area (Å²) in [6.45, 7) is 0.617. The maximum atomic E-state index is 12.9. The number of halogens is 2. The van der Waals surface area contributed by atoms with E-state index in [-0.39, 0.29) is 11.7 Å². The molecule has 0 atom stereocenters. The first kappa shape index (κ1) is 16.9. The summed E-state index contributed by atoms with van der Waals surface area (Å²) in [7, 11) is 0. The molecule has 0 bridgehead atoms. The van der Waals surface area contributed by atoms with Crippen molar-refractivity contribution in [2.24, 2.45) is 0 Å². The molecule has 0 unspecified atom stereocenters. The third-order valence-corrected chi connectivity index (χ3v) is 3.77. The van der Waals surface area contributed by atoms with Gasteiger partial charge in [-0.1, -0.05) is 23.7 Å². The second-order valence-electron chi connectivity index (χ2n) is 5.37. The van der Waals surface area contributed by atoms with E-state index in [1.807, 2.05) is 24.3 Å². The van der Waals surface area contributed by atoms with E-state index in [4.69, 9.17) is 11.6 Å². The number of pyridine rings is 1. The zero-order valence-electron chi connectivity index (χ0n) is 13.2. The summed E-state index contributed by atoms with van der Waals surface area (Å²) in [5.41, 5.74) is 2.03. The first-order valence-electron chi connectivity index (χ1n) is 7.61. The lowest BCUT2D eigenvalue weighted by molar-refractivity contribution is 0.102. The number of aromatic nitrogens is 1. The maximum Gasteiger partial charge on any atom is 0.255 e. The van der Waals surface area contributed by atoms with E-state index >= 15 is 0 Å². The molecule has 0 spiro atoms. The zero-order valence-corrected chi connectivity index (χ0v) is 13.9. The number of carbonyl (C=O) groups is 1. The van der Waals surface area contributed by atoms with Gasteiger partial charge in [0.2, 0.25) is 0 Å². The van der Waals surface area contributed by atoms with E-state index in [0.29, 0.717) is 28.6 Å². The summed E-state index contributed by atoms with van der Waals surface area (Å²) in [6.07, 6.45) is 1.56. The van der Waals surface area contributed by atoms with Crippen LogP contribution in [0.2, 0.25) is 5.02 Å². The normalized spacial score (nSPS) is 10.3. The minimum atomic E-state index is -0.380. The second-order valence-corrected chi connectivity index (χ2v) is 5.81. The van der Waals surface area contributed by atoms with Gasteiger partial charge in [0.25, 0.3) is 5.91 Å². The molecule has 1 heterocycles. The molecule has 0 aliphatic carbocycles. The Hall–Kier alpha value is -2.92. The average Bonchev–Trinajstić information content (AvgIpc) is 2.63. The minimum Gasteiger partial charge on any atom is -0.366 e. The van der Waals surface area contributed by atoms with Crippen molar-refractivity contribution in [1.82, 2.24) is 4.98 Å². The van der Waals surface area contributed by atoms with Crippen LogP contribution < -0.4 is 10.6 Å². The highest BCUT2D eigenvalue weighted by Gasteiger charge is 2.06. The predicted molar refractivity (Wildman–Crippen MR) is 97.4 cm³/mol. The van der Waals surface area contributed by atoms with Crippen LogP contribution in [0.25, 0.3) is 0 Å². The van der Waals surface area contributed by atoms with Gasteiger partial charge in [-0.2, -0.15) is 0 Å². The lowest BCUT2D eigenvalue weighted by atomic mass is 10.2. The van der Waals surface area contributed by atoms with Gasteiger partial charge >= 0.3 is 0 Å². The Morgan fingerprint density at radius 3 is 2.36 bits per heavy atom. The number of benzene rings is 2. The fraction of sp³-hybridized carbons (Fsp3) is 0.0526. The first-order chi connectivity index (χ1) is 12.1. The lowest BCUT2D eigenvalue weighted by Gasteiger charge is -2.08. The van der Waals surface area contributed by atoms with E-state index in [1.54, 1.807) is 18.3 Å². The standard InChI is InChI=1S/C19H15ClFN3O/c20-15-5-1-13(2-6-15)11-22-18-10-9-17(12-23-18)24-19(25)14-3-7-16(21)8-4-14/h1-10,12H,11H2,(H,22,23)(H,24,25). The molecule has 6 heteroatoms. The molecule has 2 aromatic carbocycles. The quantitative estimate of drug-likeness (QED) is 0.695. The highest BCUT2D eigenvalue weighted by Crippen LogP contribution is 2.14. The van der Waals surface area contributed by atoms with Gasteiger partial charge in [-0.3, -0.25) is 4.79 Å². The summed E-state index contributed by atoms with van der Waals surface area (Å²) in [5, 5.41) is 6.61. The van der Waals surface area contributed by atoms with Gasteiger partial charge in [-0.15, -0.1) is 0 Å². The molecule has 0 saturated heterocycles. The second kappa shape index (κ2) is 7.77. The first-order valence-corrected chi connectivity index (χ1v) is 7.99. The molecule has 1 amide bonds. The molecule has 0 fully saturated rings. The fourth-order valence-corrected chi connectivity index (χ4v) is 2.30. The van der Waals surface area contributed by atoms with Crippen LogP contribution in [0.15, 0.2) is 66.9 Å².